The van der Waals surface area contributed by atoms with Gasteiger partial charge in [0.1, 0.15) is 30.5 Å². The first-order valence-electron chi connectivity index (χ1n) is 13.5. The summed E-state index contributed by atoms with van der Waals surface area (Å²) in [6.07, 6.45) is -3.85. The molecule has 0 N–H and O–H groups in total. The van der Waals surface area contributed by atoms with Crippen LogP contribution in [0, 0.1) is 22.5 Å². The van der Waals surface area contributed by atoms with Gasteiger partial charge >= 0.3 is 30.0 Å². The van der Waals surface area contributed by atoms with Gasteiger partial charge in [-0.1, -0.05) is 5.92 Å². The molecule has 0 unspecified atom stereocenters. The largest absolute Gasteiger partial charge is 0.514 e. The van der Waals surface area contributed by atoms with E-state index >= 15 is 0 Å². The highest BCUT2D eigenvalue weighted by atomic mass is 16.7. The van der Waals surface area contributed by atoms with Crippen LogP contribution in [0.4, 0.5) is 10.5 Å². The molecule has 47 heavy (non-hydrogen) atoms. The highest BCUT2D eigenvalue weighted by molar-refractivity contribution is 5.77. The van der Waals surface area contributed by atoms with Crippen molar-refractivity contribution in [1.29, 1.82) is 0 Å². The number of non-ortho nitro benzene ring substituents is 1. The van der Waals surface area contributed by atoms with Crippen LogP contribution in [0.5, 0.6) is 17.2 Å². The van der Waals surface area contributed by atoms with Crippen LogP contribution < -0.4 is 14.2 Å². The molecule has 1 aliphatic rings. The molecule has 1 heterocycles. The van der Waals surface area contributed by atoms with Crippen LogP contribution in [-0.2, 0) is 54.2 Å². The predicted octanol–water partition coefficient (Wildman–Crippen LogP) is 2.39. The van der Waals surface area contributed by atoms with E-state index in [4.69, 9.17) is 49.1 Å². The van der Waals surface area contributed by atoms with Gasteiger partial charge in [-0.25, -0.2) is 9.59 Å². The lowest BCUT2D eigenvalue weighted by atomic mass is 9.97. The third-order valence-electron chi connectivity index (χ3n) is 6.03. The minimum atomic E-state index is -1.68. The van der Waals surface area contributed by atoms with E-state index in [0.717, 1.165) is 40.0 Å². The summed E-state index contributed by atoms with van der Waals surface area (Å²) in [5.41, 5.74) is 0.0857. The molecule has 17 nitrogen and oxygen atoms in total. The zero-order valence-electron chi connectivity index (χ0n) is 25.4. The molecule has 0 amide bonds. The fourth-order valence-electron chi connectivity index (χ4n) is 4.19. The van der Waals surface area contributed by atoms with Crippen molar-refractivity contribution in [2.45, 2.75) is 58.1 Å². The van der Waals surface area contributed by atoms with Crippen LogP contribution in [0.15, 0.2) is 42.5 Å². The maximum absolute atomic E-state index is 12.7. The average Bonchev–Trinajstić information content (AvgIpc) is 3.01. The lowest BCUT2D eigenvalue weighted by Gasteiger charge is -2.43. The number of carbonyl (C=O) groups is 5. The summed E-state index contributed by atoms with van der Waals surface area (Å²) in [6, 6.07) is 8.85. The van der Waals surface area contributed by atoms with Crippen LogP contribution in [0.1, 0.15) is 26.3 Å². The molecule has 17 heteroatoms. The SMILES string of the molecule is C#CCOc1cc(O[C@@H]2O[C@H](C(=O)OC)[C@@H](OC(C)=O)[C@H](OC(C)=O)[C@H]2OC(C)=O)ccc1COC(=O)Oc1ccc([N+](=O)[O-])cc1. The van der Waals surface area contributed by atoms with Gasteiger partial charge in [-0.15, -0.1) is 6.42 Å². The molecule has 2 aromatic rings. The molecule has 1 saturated heterocycles. The lowest BCUT2D eigenvalue weighted by molar-refractivity contribution is -0.384. The van der Waals surface area contributed by atoms with Gasteiger partial charge in [0.05, 0.1) is 12.0 Å². The quantitative estimate of drug-likeness (QED) is 0.0799. The number of methoxy groups -OCH3 is 1. The maximum Gasteiger partial charge on any atom is 0.514 e. The zero-order valence-corrected chi connectivity index (χ0v) is 25.4. The van der Waals surface area contributed by atoms with Crippen molar-refractivity contribution < 1.29 is 71.5 Å². The van der Waals surface area contributed by atoms with E-state index in [1.165, 1.54) is 30.3 Å². The number of hydrogen-bond acceptors (Lipinski definition) is 16. The summed E-state index contributed by atoms with van der Waals surface area (Å²) in [6.45, 7) is 2.54. The first-order valence-corrected chi connectivity index (χ1v) is 13.5. The average molecular weight is 660 g/mol. The van der Waals surface area contributed by atoms with Gasteiger partial charge in [0.25, 0.3) is 5.69 Å². The van der Waals surface area contributed by atoms with Crippen molar-refractivity contribution in [1.82, 2.24) is 0 Å². The Balaban J connectivity index is 1.87. The number of nitro groups is 1. The second-order valence-electron chi connectivity index (χ2n) is 9.44. The van der Waals surface area contributed by atoms with Gasteiger partial charge in [-0.05, 0) is 24.3 Å². The fourth-order valence-corrected chi connectivity index (χ4v) is 4.19. The molecule has 5 atom stereocenters. The molecule has 0 aliphatic carbocycles. The first-order chi connectivity index (χ1) is 22.3. The Morgan fingerprint density at radius 1 is 0.894 bits per heavy atom. The second kappa shape index (κ2) is 16.4. The van der Waals surface area contributed by atoms with Crippen LogP contribution in [-0.4, -0.2) is 79.4 Å². The van der Waals surface area contributed by atoms with E-state index in [9.17, 15) is 34.1 Å². The summed E-state index contributed by atoms with van der Waals surface area (Å²) in [4.78, 5) is 71.1. The number of nitrogens with zero attached hydrogens (tertiary/aromatic N) is 1. The van der Waals surface area contributed by atoms with Crippen molar-refractivity contribution >= 4 is 35.7 Å². The minimum absolute atomic E-state index is 0.00349. The van der Waals surface area contributed by atoms with Gasteiger partial charge < -0.3 is 42.6 Å². The van der Waals surface area contributed by atoms with E-state index in [0.29, 0.717) is 0 Å². The number of esters is 4. The van der Waals surface area contributed by atoms with Crippen molar-refractivity contribution in [3.05, 3.63) is 58.1 Å². The summed E-state index contributed by atoms with van der Waals surface area (Å²) in [7, 11) is 1.04. The number of carbonyl (C=O) groups excluding carboxylic acids is 5. The Bertz CT molecular complexity index is 1530. The van der Waals surface area contributed by atoms with Gasteiger partial charge in [-0.2, -0.15) is 0 Å². The Labute approximate surface area is 267 Å². The number of terminal acetylenes is 1. The maximum atomic E-state index is 12.7. The van der Waals surface area contributed by atoms with Crippen LogP contribution in [0.2, 0.25) is 0 Å². The van der Waals surface area contributed by atoms with Gasteiger partial charge in [-0.3, -0.25) is 24.5 Å². The van der Waals surface area contributed by atoms with Gasteiger partial charge in [0, 0.05) is 44.5 Å². The summed E-state index contributed by atoms with van der Waals surface area (Å²) >= 11 is 0. The molecule has 1 aliphatic heterocycles. The van der Waals surface area contributed by atoms with Crippen molar-refractivity contribution in [2.24, 2.45) is 0 Å². The molecular formula is C30H29NO16. The van der Waals surface area contributed by atoms with Crippen LogP contribution in [0.25, 0.3) is 0 Å². The zero-order chi connectivity index (χ0) is 34.7. The molecule has 0 bridgehead atoms. The van der Waals surface area contributed by atoms with Crippen molar-refractivity contribution in [3.63, 3.8) is 0 Å². The molecule has 3 rings (SSSR count). The summed E-state index contributed by atoms with van der Waals surface area (Å²) in [5.74, 6) is -1.26. The van der Waals surface area contributed by atoms with E-state index in [1.54, 1.807) is 0 Å². The number of ether oxygens (including phenoxy) is 9. The normalized spacial score (nSPS) is 19.9. The summed E-state index contributed by atoms with van der Waals surface area (Å²) in [5, 5.41) is 10.8. The summed E-state index contributed by atoms with van der Waals surface area (Å²) < 4.78 is 48.0. The standard InChI is InChI=1S/C30H29NO16/c1-6-13-40-23-14-22(10-7-19(23)15-41-30(36)46-21-11-8-20(9-12-21)31(37)38)45-29-27(44-18(4)34)25(43-17(3)33)24(42-16(2)32)26(47-29)28(35)39-5/h1,7-12,14,24-27,29H,13,15H2,2-5H3/t24-,25-,26-,27+,29+/m0/s1. The number of rotatable bonds is 12. The molecule has 250 valence electrons. The smallest absolute Gasteiger partial charge is 0.480 e. The third kappa shape index (κ3) is 10.1. The molecule has 0 radical (unpaired) electrons. The van der Waals surface area contributed by atoms with Gasteiger partial charge in [0.15, 0.2) is 18.3 Å². The van der Waals surface area contributed by atoms with E-state index < -0.39 is 65.7 Å². The van der Waals surface area contributed by atoms with Gasteiger partial charge in [0.2, 0.25) is 12.4 Å². The Kier molecular flexibility index (Phi) is 12.4. The van der Waals surface area contributed by atoms with E-state index in [2.05, 4.69) is 5.92 Å². The Morgan fingerprint density at radius 3 is 2.06 bits per heavy atom. The highest BCUT2D eigenvalue weighted by Gasteiger charge is 2.55. The molecule has 0 saturated carbocycles. The Hall–Kier alpha value is -5.89. The molecule has 1 fully saturated rings. The molecule has 0 aromatic heterocycles. The van der Waals surface area contributed by atoms with Crippen molar-refractivity contribution in [3.8, 4) is 29.6 Å². The number of hydrogen-bond donors (Lipinski definition) is 0. The van der Waals surface area contributed by atoms with E-state index in [1.807, 2.05) is 0 Å². The molecular weight excluding hydrogens is 630 g/mol. The lowest BCUT2D eigenvalue weighted by Crippen LogP contribution is -2.64. The van der Waals surface area contributed by atoms with Crippen LogP contribution in [0.3, 0.4) is 0 Å². The molecule has 2 aromatic carbocycles. The molecule has 0 spiro atoms. The van der Waals surface area contributed by atoms with Crippen LogP contribution >= 0.6 is 0 Å². The Morgan fingerprint density at radius 2 is 1.49 bits per heavy atom. The third-order valence-corrected chi connectivity index (χ3v) is 6.03. The monoisotopic (exact) mass is 659 g/mol. The van der Waals surface area contributed by atoms with E-state index in [-0.39, 0.29) is 41.7 Å². The highest BCUT2D eigenvalue weighted by Crippen LogP contribution is 2.33. The number of benzene rings is 2. The topological polar surface area (TPSA) is 212 Å². The number of nitro benzene ring substituents is 1. The predicted molar refractivity (Wildman–Crippen MR) is 153 cm³/mol. The van der Waals surface area contributed by atoms with Crippen molar-refractivity contribution in [2.75, 3.05) is 13.7 Å². The fraction of sp³-hybridized carbons (Fsp3) is 0.367. The first kappa shape index (κ1) is 35.6. The minimum Gasteiger partial charge on any atom is -0.480 e. The second-order valence-corrected chi connectivity index (χ2v) is 9.44.